The zero-order valence-corrected chi connectivity index (χ0v) is 34.8. The molecule has 300 valence electrons. The number of ether oxygens (including phenoxy) is 3. The van der Waals surface area contributed by atoms with Gasteiger partial charge < -0.3 is 28.2 Å². The van der Waals surface area contributed by atoms with E-state index in [0.717, 1.165) is 24.2 Å². The molecule has 12 nitrogen and oxygen atoms in total. The standard InChI is InChI=1S/C39H53F2N5O7SSi/c1-9-54(49,50)42-28-12-14-34(52-35-13-11-27(40)21-33(35)41)30(22-28)32-25-43(5)37(47)31-23-29(46(36(31)32)26-51-19-20-55(6,7)8)24-44-15-10-16-45(18-17-44)38(48)53-39(2,3)4/h11-14,21-23,25,42H,9-10,15-20,24,26H2,1-8H3. The Morgan fingerprint density at radius 2 is 1.69 bits per heavy atom. The molecule has 0 atom stereocenters. The van der Waals surface area contributed by atoms with Crippen LogP contribution in [0.4, 0.5) is 19.3 Å². The van der Waals surface area contributed by atoms with E-state index < -0.39 is 35.3 Å². The molecule has 1 amide bonds. The number of benzene rings is 2. The lowest BCUT2D eigenvalue weighted by molar-refractivity contribution is 0.0257. The van der Waals surface area contributed by atoms with Crippen molar-refractivity contribution in [1.29, 1.82) is 0 Å². The molecule has 2 aromatic carbocycles. The van der Waals surface area contributed by atoms with Gasteiger partial charge in [-0.05, 0) is 76.6 Å². The molecule has 1 aliphatic rings. The van der Waals surface area contributed by atoms with Crippen LogP contribution < -0.4 is 15.0 Å². The maximum atomic E-state index is 15.0. The highest BCUT2D eigenvalue weighted by atomic mass is 32.2. The number of aromatic nitrogens is 2. The zero-order chi connectivity index (χ0) is 40.3. The number of carbonyl (C=O) groups excluding carboxylic acids is 1. The van der Waals surface area contributed by atoms with Gasteiger partial charge in [0.05, 0.1) is 16.7 Å². The van der Waals surface area contributed by atoms with Crippen molar-refractivity contribution in [2.75, 3.05) is 43.3 Å². The molecule has 1 fully saturated rings. The van der Waals surface area contributed by atoms with Gasteiger partial charge in [0.25, 0.3) is 5.56 Å². The summed E-state index contributed by atoms with van der Waals surface area (Å²) in [5.74, 6) is -1.95. The van der Waals surface area contributed by atoms with Gasteiger partial charge in [-0.2, -0.15) is 0 Å². The fourth-order valence-electron chi connectivity index (χ4n) is 6.26. The van der Waals surface area contributed by atoms with Crippen LogP contribution in [-0.4, -0.2) is 85.7 Å². The van der Waals surface area contributed by atoms with Gasteiger partial charge in [-0.3, -0.25) is 14.4 Å². The molecule has 2 aromatic heterocycles. The van der Waals surface area contributed by atoms with E-state index in [2.05, 4.69) is 29.3 Å². The predicted octanol–water partition coefficient (Wildman–Crippen LogP) is 7.59. The Hall–Kier alpha value is -4.25. The molecule has 1 N–H and O–H groups in total. The third-order valence-corrected chi connectivity index (χ3v) is 12.2. The summed E-state index contributed by atoms with van der Waals surface area (Å²) in [6, 6.07) is 10.3. The Balaban J connectivity index is 1.64. The molecular formula is C39H53F2N5O7SSi. The van der Waals surface area contributed by atoms with Crippen LogP contribution in [0.5, 0.6) is 11.5 Å². The Morgan fingerprint density at radius 3 is 2.36 bits per heavy atom. The first-order chi connectivity index (χ1) is 25.7. The van der Waals surface area contributed by atoms with Gasteiger partial charge in [0.1, 0.15) is 23.9 Å². The smallest absolute Gasteiger partial charge is 0.410 e. The molecule has 0 bridgehead atoms. The Morgan fingerprint density at radius 1 is 0.964 bits per heavy atom. The molecule has 0 aliphatic carbocycles. The van der Waals surface area contributed by atoms with E-state index in [1.165, 1.54) is 29.7 Å². The van der Waals surface area contributed by atoms with E-state index in [1.54, 1.807) is 24.2 Å². The van der Waals surface area contributed by atoms with Crippen LogP contribution in [0.2, 0.25) is 25.7 Å². The first-order valence-electron chi connectivity index (χ1n) is 18.5. The second kappa shape index (κ2) is 16.9. The fraction of sp³-hybridized carbons (Fsp3) is 0.487. The molecule has 55 heavy (non-hydrogen) atoms. The lowest BCUT2D eigenvalue weighted by atomic mass is 10.0. The van der Waals surface area contributed by atoms with Crippen LogP contribution in [0.3, 0.4) is 0 Å². The fourth-order valence-corrected chi connectivity index (χ4v) is 7.64. The number of hydrogen-bond donors (Lipinski definition) is 1. The quantitative estimate of drug-likeness (QED) is 0.108. The van der Waals surface area contributed by atoms with Gasteiger partial charge in [-0.1, -0.05) is 19.6 Å². The normalized spacial score (nSPS) is 14.6. The van der Waals surface area contributed by atoms with Gasteiger partial charge in [-0.25, -0.2) is 22.0 Å². The summed E-state index contributed by atoms with van der Waals surface area (Å²) in [6.07, 6.45) is 2.01. The highest BCUT2D eigenvalue weighted by molar-refractivity contribution is 7.92. The highest BCUT2D eigenvalue weighted by Crippen LogP contribution is 2.40. The lowest BCUT2D eigenvalue weighted by Gasteiger charge is -2.26. The van der Waals surface area contributed by atoms with Gasteiger partial charge in [0.15, 0.2) is 11.6 Å². The Labute approximate surface area is 323 Å². The largest absolute Gasteiger partial charge is 0.454 e. The first kappa shape index (κ1) is 41.9. The van der Waals surface area contributed by atoms with Gasteiger partial charge in [0.2, 0.25) is 10.0 Å². The molecule has 5 rings (SSSR count). The minimum atomic E-state index is -3.69. The van der Waals surface area contributed by atoms with E-state index in [9.17, 15) is 26.8 Å². The van der Waals surface area contributed by atoms with Crippen molar-refractivity contribution < 1.29 is 36.2 Å². The number of fused-ring (bicyclic) bond motifs is 1. The summed E-state index contributed by atoms with van der Waals surface area (Å²) < 4.78 is 78.1. The molecule has 0 radical (unpaired) electrons. The van der Waals surface area contributed by atoms with Crippen LogP contribution >= 0.6 is 0 Å². The van der Waals surface area contributed by atoms with Crippen LogP contribution in [0.25, 0.3) is 22.0 Å². The highest BCUT2D eigenvalue weighted by Gasteiger charge is 2.27. The molecule has 3 heterocycles. The number of aryl methyl sites for hydroxylation is 1. The van der Waals surface area contributed by atoms with Crippen molar-refractivity contribution in [3.8, 4) is 22.6 Å². The van der Waals surface area contributed by atoms with Gasteiger partial charge >= 0.3 is 6.09 Å². The number of pyridine rings is 1. The zero-order valence-electron chi connectivity index (χ0n) is 33.0. The summed E-state index contributed by atoms with van der Waals surface area (Å²) in [6.45, 7) is 17.2. The monoisotopic (exact) mass is 801 g/mol. The summed E-state index contributed by atoms with van der Waals surface area (Å²) in [5.41, 5.74) is 1.54. The third kappa shape index (κ3) is 11.0. The number of carbonyl (C=O) groups is 1. The number of rotatable bonds is 13. The third-order valence-electron chi connectivity index (χ3n) is 9.19. The van der Waals surface area contributed by atoms with Crippen LogP contribution in [-0.2, 0) is 39.8 Å². The molecule has 1 saturated heterocycles. The van der Waals surface area contributed by atoms with Gasteiger partial charge in [-0.15, -0.1) is 0 Å². The van der Waals surface area contributed by atoms with E-state index in [1.807, 2.05) is 31.4 Å². The molecular weight excluding hydrogens is 749 g/mol. The Bertz CT molecular complexity index is 2200. The van der Waals surface area contributed by atoms with E-state index in [0.29, 0.717) is 67.4 Å². The SMILES string of the molecule is CCS(=O)(=O)Nc1ccc(Oc2ccc(F)cc2F)c(-c2cn(C)c(=O)c3cc(CN4CCCN(C(=O)OC(C)(C)C)CC4)n(COCC[Si](C)(C)C)c23)c1. The first-order valence-corrected chi connectivity index (χ1v) is 23.9. The number of nitrogens with zero attached hydrogens (tertiary/aromatic N) is 4. The maximum Gasteiger partial charge on any atom is 0.410 e. The number of hydrogen-bond acceptors (Lipinski definition) is 8. The molecule has 4 aromatic rings. The average Bonchev–Trinajstić information content (AvgIpc) is 3.26. The number of anilines is 1. The minimum Gasteiger partial charge on any atom is -0.454 e. The molecule has 0 unspecified atom stereocenters. The summed E-state index contributed by atoms with van der Waals surface area (Å²) in [4.78, 5) is 30.8. The topological polar surface area (TPSA) is 124 Å². The molecule has 16 heteroatoms. The van der Waals surface area contributed by atoms with Gasteiger partial charge in [0, 0.05) is 89.2 Å². The average molecular weight is 802 g/mol. The van der Waals surface area contributed by atoms with Crippen molar-refractivity contribution >= 4 is 40.8 Å². The Kier molecular flexibility index (Phi) is 12.8. The van der Waals surface area contributed by atoms with Crippen LogP contribution in [0.15, 0.2) is 53.5 Å². The van der Waals surface area contributed by atoms with E-state index in [4.69, 9.17) is 14.2 Å². The second-order valence-electron chi connectivity index (χ2n) is 16.1. The lowest BCUT2D eigenvalue weighted by Crippen LogP contribution is -2.39. The van der Waals surface area contributed by atoms with Crippen molar-refractivity contribution in [2.24, 2.45) is 7.05 Å². The summed E-state index contributed by atoms with van der Waals surface area (Å²) >= 11 is 0. The van der Waals surface area contributed by atoms with Crippen molar-refractivity contribution in [1.82, 2.24) is 18.9 Å². The number of halogens is 2. The number of nitrogens with one attached hydrogen (secondary N) is 1. The summed E-state index contributed by atoms with van der Waals surface area (Å²) in [7, 11) is -3.51. The molecule has 1 aliphatic heterocycles. The van der Waals surface area contributed by atoms with E-state index >= 15 is 0 Å². The van der Waals surface area contributed by atoms with Crippen molar-refractivity contribution in [2.45, 2.75) is 78.7 Å². The molecule has 0 spiro atoms. The van der Waals surface area contributed by atoms with E-state index in [-0.39, 0.29) is 41.3 Å². The van der Waals surface area contributed by atoms with Crippen LogP contribution in [0.1, 0.15) is 39.8 Å². The number of amides is 1. The molecule has 0 saturated carbocycles. The van der Waals surface area contributed by atoms with Crippen molar-refractivity contribution in [3.05, 3.63) is 76.3 Å². The predicted molar refractivity (Wildman–Crippen MR) is 214 cm³/mol. The van der Waals surface area contributed by atoms with Crippen LogP contribution in [0, 0.1) is 11.6 Å². The maximum absolute atomic E-state index is 15.0. The summed E-state index contributed by atoms with van der Waals surface area (Å²) in [5, 5.41) is 0.396. The minimum absolute atomic E-state index is 0.117. The number of sulfonamides is 1. The second-order valence-corrected chi connectivity index (χ2v) is 23.8. The van der Waals surface area contributed by atoms with Crippen molar-refractivity contribution in [3.63, 3.8) is 0 Å².